The van der Waals surface area contributed by atoms with E-state index in [1.807, 2.05) is 38.1 Å². The van der Waals surface area contributed by atoms with Crippen molar-refractivity contribution in [1.29, 1.82) is 0 Å². The lowest BCUT2D eigenvalue weighted by Crippen LogP contribution is -2.32. The fourth-order valence-corrected chi connectivity index (χ4v) is 2.20. The van der Waals surface area contributed by atoms with Crippen molar-refractivity contribution in [2.45, 2.75) is 33.3 Å². The van der Waals surface area contributed by atoms with Crippen molar-refractivity contribution in [1.82, 2.24) is 0 Å². The Morgan fingerprint density at radius 3 is 2.25 bits per heavy atom. The molecule has 0 aromatic heterocycles. The lowest BCUT2D eigenvalue weighted by molar-refractivity contribution is -0.122. The van der Waals surface area contributed by atoms with Gasteiger partial charge in [-0.2, -0.15) is 0 Å². The number of carbonyl (C=O) groups is 2. The number of nitrogens with one attached hydrogen (secondary N) is 2. The number of ether oxygens (including phenoxy) is 1. The lowest BCUT2D eigenvalue weighted by atomic mass is 10.2. The van der Waals surface area contributed by atoms with Crippen LogP contribution >= 0.6 is 0 Å². The summed E-state index contributed by atoms with van der Waals surface area (Å²) in [4.78, 5) is 23.5. The van der Waals surface area contributed by atoms with E-state index in [0.29, 0.717) is 23.5 Å². The molecule has 24 heavy (non-hydrogen) atoms. The van der Waals surface area contributed by atoms with Crippen LogP contribution in [0.25, 0.3) is 0 Å². The Hall–Kier alpha value is -2.82. The van der Waals surface area contributed by atoms with Gasteiger partial charge < -0.3 is 15.4 Å². The van der Waals surface area contributed by atoms with E-state index >= 15 is 0 Å². The number of benzene rings is 2. The minimum absolute atomic E-state index is 0.160. The molecule has 5 heteroatoms. The fourth-order valence-electron chi connectivity index (χ4n) is 2.20. The Labute approximate surface area is 142 Å². The Balaban J connectivity index is 2.03. The summed E-state index contributed by atoms with van der Waals surface area (Å²) in [6.07, 6.45) is -0.0393. The molecule has 2 amide bonds. The third-order valence-corrected chi connectivity index (χ3v) is 3.41. The molecule has 0 bridgehead atoms. The molecule has 0 aliphatic heterocycles. The molecule has 2 aromatic carbocycles. The summed E-state index contributed by atoms with van der Waals surface area (Å²) in [5.74, 6) is 0.278. The summed E-state index contributed by atoms with van der Waals surface area (Å²) < 4.78 is 5.77. The Kier molecular flexibility index (Phi) is 5.95. The van der Waals surface area contributed by atoms with Crippen LogP contribution in [0.15, 0.2) is 48.5 Å². The van der Waals surface area contributed by atoms with E-state index in [1.165, 1.54) is 6.92 Å². The van der Waals surface area contributed by atoms with Crippen LogP contribution in [-0.4, -0.2) is 17.9 Å². The van der Waals surface area contributed by atoms with Gasteiger partial charge in [0.15, 0.2) is 6.10 Å². The van der Waals surface area contributed by atoms with Gasteiger partial charge in [-0.1, -0.05) is 30.7 Å². The van der Waals surface area contributed by atoms with Gasteiger partial charge in [0.25, 0.3) is 5.91 Å². The number of carbonyl (C=O) groups excluding carboxylic acids is 2. The standard InChI is InChI=1S/C19H22N2O3/c1-4-18(24-17-10-8-13(2)9-11-17)19(23)21-16-7-5-6-15(12-16)20-14(3)22/h5-12,18H,4H2,1-3H3,(H,20,22)(H,21,23). The van der Waals surface area contributed by atoms with Gasteiger partial charge in [0, 0.05) is 18.3 Å². The van der Waals surface area contributed by atoms with Gasteiger partial charge in [0.05, 0.1) is 0 Å². The van der Waals surface area contributed by atoms with E-state index in [4.69, 9.17) is 4.74 Å². The maximum Gasteiger partial charge on any atom is 0.265 e. The van der Waals surface area contributed by atoms with Crippen LogP contribution in [0.1, 0.15) is 25.8 Å². The molecule has 0 saturated carbocycles. The minimum Gasteiger partial charge on any atom is -0.481 e. The molecule has 0 aliphatic carbocycles. The molecule has 1 unspecified atom stereocenters. The molecule has 2 N–H and O–H groups in total. The number of amides is 2. The SMILES string of the molecule is CCC(Oc1ccc(C)cc1)C(=O)Nc1cccc(NC(C)=O)c1. The number of hydrogen-bond donors (Lipinski definition) is 2. The van der Waals surface area contributed by atoms with Crippen molar-refractivity contribution in [2.75, 3.05) is 10.6 Å². The van der Waals surface area contributed by atoms with Crippen molar-refractivity contribution < 1.29 is 14.3 Å². The highest BCUT2D eigenvalue weighted by atomic mass is 16.5. The first kappa shape index (κ1) is 17.5. The molecule has 0 fully saturated rings. The van der Waals surface area contributed by atoms with E-state index in [9.17, 15) is 9.59 Å². The third kappa shape index (κ3) is 5.12. The highest BCUT2D eigenvalue weighted by Crippen LogP contribution is 2.18. The highest BCUT2D eigenvalue weighted by Gasteiger charge is 2.18. The van der Waals surface area contributed by atoms with Crippen molar-refractivity contribution in [3.63, 3.8) is 0 Å². The average molecular weight is 326 g/mol. The molecule has 0 saturated heterocycles. The van der Waals surface area contributed by atoms with Gasteiger partial charge >= 0.3 is 0 Å². The second-order valence-electron chi connectivity index (χ2n) is 5.58. The second-order valence-corrected chi connectivity index (χ2v) is 5.58. The number of rotatable bonds is 6. The van der Waals surface area contributed by atoms with Crippen LogP contribution in [0.5, 0.6) is 5.75 Å². The maximum absolute atomic E-state index is 12.4. The first-order valence-electron chi connectivity index (χ1n) is 7.89. The zero-order chi connectivity index (χ0) is 17.5. The van der Waals surface area contributed by atoms with Crippen LogP contribution in [0.3, 0.4) is 0 Å². The Morgan fingerprint density at radius 2 is 1.67 bits per heavy atom. The van der Waals surface area contributed by atoms with Gasteiger partial charge in [-0.05, 0) is 43.7 Å². The van der Waals surface area contributed by atoms with Crippen LogP contribution in [-0.2, 0) is 9.59 Å². The van der Waals surface area contributed by atoms with Gasteiger partial charge in [-0.3, -0.25) is 9.59 Å². The van der Waals surface area contributed by atoms with Crippen molar-refractivity contribution in [3.8, 4) is 5.75 Å². The first-order valence-corrected chi connectivity index (χ1v) is 7.89. The summed E-state index contributed by atoms with van der Waals surface area (Å²) in [7, 11) is 0. The quantitative estimate of drug-likeness (QED) is 0.849. The van der Waals surface area contributed by atoms with Crippen LogP contribution in [0.4, 0.5) is 11.4 Å². The maximum atomic E-state index is 12.4. The van der Waals surface area contributed by atoms with E-state index in [2.05, 4.69) is 10.6 Å². The van der Waals surface area contributed by atoms with E-state index in [1.54, 1.807) is 24.3 Å². The molecule has 0 spiro atoms. The topological polar surface area (TPSA) is 67.4 Å². The summed E-state index contributed by atoms with van der Waals surface area (Å²) in [6, 6.07) is 14.6. The molecule has 5 nitrogen and oxygen atoms in total. The summed E-state index contributed by atoms with van der Waals surface area (Å²) in [6.45, 7) is 5.33. The summed E-state index contributed by atoms with van der Waals surface area (Å²) >= 11 is 0. The lowest BCUT2D eigenvalue weighted by Gasteiger charge is -2.17. The first-order chi connectivity index (χ1) is 11.5. The van der Waals surface area contributed by atoms with Gasteiger partial charge in [-0.25, -0.2) is 0 Å². The third-order valence-electron chi connectivity index (χ3n) is 3.41. The van der Waals surface area contributed by atoms with E-state index in [0.717, 1.165) is 5.56 Å². The van der Waals surface area contributed by atoms with Crippen molar-refractivity contribution in [3.05, 3.63) is 54.1 Å². The van der Waals surface area contributed by atoms with Crippen LogP contribution < -0.4 is 15.4 Å². The molecular weight excluding hydrogens is 304 g/mol. The molecule has 2 aromatic rings. The zero-order valence-electron chi connectivity index (χ0n) is 14.1. The van der Waals surface area contributed by atoms with Crippen molar-refractivity contribution >= 4 is 23.2 Å². The average Bonchev–Trinajstić information content (AvgIpc) is 2.54. The van der Waals surface area contributed by atoms with Gasteiger partial charge in [0.2, 0.25) is 5.91 Å². The smallest absolute Gasteiger partial charge is 0.265 e. The number of hydrogen-bond acceptors (Lipinski definition) is 3. The minimum atomic E-state index is -0.586. The highest BCUT2D eigenvalue weighted by molar-refractivity contribution is 5.95. The summed E-state index contributed by atoms with van der Waals surface area (Å²) in [5.41, 5.74) is 2.37. The monoisotopic (exact) mass is 326 g/mol. The largest absolute Gasteiger partial charge is 0.481 e. The zero-order valence-corrected chi connectivity index (χ0v) is 14.1. The van der Waals surface area contributed by atoms with E-state index < -0.39 is 6.10 Å². The Morgan fingerprint density at radius 1 is 1.04 bits per heavy atom. The molecule has 2 rings (SSSR count). The predicted molar refractivity (Wildman–Crippen MR) is 95.3 cm³/mol. The number of aryl methyl sites for hydroxylation is 1. The van der Waals surface area contributed by atoms with Gasteiger partial charge in [-0.15, -0.1) is 0 Å². The molecule has 0 aliphatic rings. The number of anilines is 2. The summed E-state index contributed by atoms with van der Waals surface area (Å²) in [5, 5.41) is 5.51. The molecule has 1 atom stereocenters. The van der Waals surface area contributed by atoms with Crippen LogP contribution in [0, 0.1) is 6.92 Å². The Bertz CT molecular complexity index is 711. The fraction of sp³-hybridized carbons (Fsp3) is 0.263. The van der Waals surface area contributed by atoms with Gasteiger partial charge in [0.1, 0.15) is 5.75 Å². The second kappa shape index (κ2) is 8.15. The molecule has 126 valence electrons. The van der Waals surface area contributed by atoms with E-state index in [-0.39, 0.29) is 11.8 Å². The molecule has 0 radical (unpaired) electrons. The predicted octanol–water partition coefficient (Wildman–Crippen LogP) is 3.75. The molecule has 0 heterocycles. The van der Waals surface area contributed by atoms with Crippen molar-refractivity contribution in [2.24, 2.45) is 0 Å². The normalized spacial score (nSPS) is 11.5. The molecular formula is C19H22N2O3. The van der Waals surface area contributed by atoms with Crippen LogP contribution in [0.2, 0.25) is 0 Å².